The molecule has 0 saturated carbocycles. The van der Waals surface area contributed by atoms with E-state index in [1.807, 2.05) is 0 Å². The zero-order valence-corrected chi connectivity index (χ0v) is 9.81. The Labute approximate surface area is 106 Å². The zero-order valence-electron chi connectivity index (χ0n) is 9.81. The quantitative estimate of drug-likeness (QED) is 0.460. The van der Waals surface area contributed by atoms with E-state index in [-0.39, 0.29) is 11.1 Å². The van der Waals surface area contributed by atoms with Crippen LogP contribution in [0.5, 0.6) is 0 Å². The van der Waals surface area contributed by atoms with Crippen LogP contribution in [-0.2, 0) is 0 Å². The minimum atomic E-state index is -1.65. The van der Waals surface area contributed by atoms with Gasteiger partial charge in [0.1, 0.15) is 5.82 Å². The highest BCUT2D eigenvalue weighted by molar-refractivity contribution is 6.09. The lowest BCUT2D eigenvalue weighted by molar-refractivity contribution is 0.103. The highest BCUT2D eigenvalue weighted by Gasteiger charge is 2.17. The maximum Gasteiger partial charge on any atom is 0.194 e. The van der Waals surface area contributed by atoms with Gasteiger partial charge >= 0.3 is 0 Å². The van der Waals surface area contributed by atoms with Crippen LogP contribution in [0.2, 0.25) is 0 Å². The van der Waals surface area contributed by atoms with Crippen molar-refractivity contribution in [2.24, 2.45) is 0 Å². The van der Waals surface area contributed by atoms with Crippen LogP contribution >= 0.6 is 0 Å². The molecule has 0 spiro atoms. The zero-order chi connectivity index (χ0) is 14.2. The molecule has 2 aromatic rings. The second-order valence-electron chi connectivity index (χ2n) is 4.05. The third-order valence-electron chi connectivity index (χ3n) is 2.68. The van der Waals surface area contributed by atoms with E-state index in [4.69, 9.17) is 0 Å². The Bertz CT molecular complexity index is 641. The molecule has 0 N–H and O–H groups in total. The van der Waals surface area contributed by atoms with E-state index < -0.39 is 29.1 Å². The molecule has 0 atom stereocenters. The van der Waals surface area contributed by atoms with Gasteiger partial charge in [-0.3, -0.25) is 4.79 Å². The van der Waals surface area contributed by atoms with Crippen LogP contribution in [0.15, 0.2) is 30.3 Å². The standard InChI is InChI=1S/C14H8F4O/c1-7-2-3-8(4-10(7)15)14(19)9-5-11(16)13(18)12(17)6-9/h2-6H,1H3. The Hall–Kier alpha value is -2.17. The van der Waals surface area contributed by atoms with Crippen molar-refractivity contribution >= 4 is 5.78 Å². The molecule has 0 aliphatic carbocycles. The van der Waals surface area contributed by atoms with Crippen molar-refractivity contribution in [1.82, 2.24) is 0 Å². The van der Waals surface area contributed by atoms with Gasteiger partial charge < -0.3 is 0 Å². The van der Waals surface area contributed by atoms with Crippen molar-refractivity contribution in [3.05, 3.63) is 70.3 Å². The second-order valence-corrected chi connectivity index (χ2v) is 4.05. The van der Waals surface area contributed by atoms with Crippen LogP contribution in [0.25, 0.3) is 0 Å². The molecule has 0 amide bonds. The monoisotopic (exact) mass is 268 g/mol. The molecule has 0 unspecified atom stereocenters. The number of carbonyl (C=O) groups is 1. The van der Waals surface area contributed by atoms with Crippen LogP contribution in [0.1, 0.15) is 21.5 Å². The summed E-state index contributed by atoms with van der Waals surface area (Å²) in [5, 5.41) is 0. The van der Waals surface area contributed by atoms with E-state index in [1.54, 1.807) is 0 Å². The van der Waals surface area contributed by atoms with Crippen molar-refractivity contribution in [2.75, 3.05) is 0 Å². The van der Waals surface area contributed by atoms with Crippen molar-refractivity contribution in [2.45, 2.75) is 6.92 Å². The summed E-state index contributed by atoms with van der Waals surface area (Å²) in [7, 11) is 0. The average molecular weight is 268 g/mol. The topological polar surface area (TPSA) is 17.1 Å². The van der Waals surface area contributed by atoms with Crippen LogP contribution in [0, 0.1) is 30.2 Å². The Morgan fingerprint density at radius 3 is 1.89 bits per heavy atom. The van der Waals surface area contributed by atoms with Gasteiger partial charge in [0.25, 0.3) is 0 Å². The third-order valence-corrected chi connectivity index (χ3v) is 2.68. The highest BCUT2D eigenvalue weighted by Crippen LogP contribution is 2.18. The summed E-state index contributed by atoms with van der Waals surface area (Å²) in [5.41, 5.74) is -0.0961. The average Bonchev–Trinajstić information content (AvgIpc) is 2.37. The van der Waals surface area contributed by atoms with Gasteiger partial charge in [-0.1, -0.05) is 12.1 Å². The minimum absolute atomic E-state index is 0.0616. The van der Waals surface area contributed by atoms with Gasteiger partial charge in [0.15, 0.2) is 23.2 Å². The normalized spacial score (nSPS) is 10.6. The molecule has 2 aromatic carbocycles. The molecule has 0 fully saturated rings. The van der Waals surface area contributed by atoms with Gasteiger partial charge in [-0.2, -0.15) is 0 Å². The summed E-state index contributed by atoms with van der Waals surface area (Å²) in [5.74, 6) is -5.95. The number of benzene rings is 2. The number of ketones is 1. The van der Waals surface area contributed by atoms with Gasteiger partial charge in [0, 0.05) is 11.1 Å². The first-order valence-corrected chi connectivity index (χ1v) is 5.35. The van der Waals surface area contributed by atoms with Crippen molar-refractivity contribution < 1.29 is 22.4 Å². The predicted molar refractivity (Wildman–Crippen MR) is 60.9 cm³/mol. The summed E-state index contributed by atoms with van der Waals surface area (Å²) in [4.78, 5) is 11.9. The highest BCUT2D eigenvalue weighted by atomic mass is 19.2. The largest absolute Gasteiger partial charge is 0.289 e. The lowest BCUT2D eigenvalue weighted by Gasteiger charge is -2.04. The van der Waals surface area contributed by atoms with Crippen LogP contribution in [0.3, 0.4) is 0 Å². The molecule has 0 radical (unpaired) electrons. The van der Waals surface area contributed by atoms with Gasteiger partial charge in [-0.25, -0.2) is 17.6 Å². The van der Waals surface area contributed by atoms with E-state index in [0.29, 0.717) is 17.7 Å². The van der Waals surface area contributed by atoms with E-state index in [2.05, 4.69) is 0 Å². The molecule has 0 saturated heterocycles. The van der Waals surface area contributed by atoms with E-state index in [1.165, 1.54) is 19.1 Å². The maximum absolute atomic E-state index is 13.3. The summed E-state index contributed by atoms with van der Waals surface area (Å²) >= 11 is 0. The smallest absolute Gasteiger partial charge is 0.194 e. The van der Waals surface area contributed by atoms with E-state index in [0.717, 1.165) is 6.07 Å². The number of aryl methyl sites for hydroxylation is 1. The number of hydrogen-bond donors (Lipinski definition) is 0. The summed E-state index contributed by atoms with van der Waals surface area (Å²) in [6.45, 7) is 1.51. The molecule has 19 heavy (non-hydrogen) atoms. The van der Waals surface area contributed by atoms with Crippen molar-refractivity contribution in [3.63, 3.8) is 0 Å². The number of hydrogen-bond acceptors (Lipinski definition) is 1. The van der Waals surface area contributed by atoms with Gasteiger partial charge in [0.05, 0.1) is 0 Å². The summed E-state index contributed by atoms with van der Waals surface area (Å²) < 4.78 is 52.1. The fourth-order valence-corrected chi connectivity index (χ4v) is 1.59. The Balaban J connectivity index is 2.47. The molecule has 2 rings (SSSR count). The third kappa shape index (κ3) is 2.50. The first-order valence-electron chi connectivity index (χ1n) is 5.35. The molecule has 0 aromatic heterocycles. The summed E-state index contributed by atoms with van der Waals surface area (Å²) in [6, 6.07) is 4.84. The Morgan fingerprint density at radius 1 is 0.842 bits per heavy atom. The number of halogens is 4. The molecule has 0 aliphatic rings. The number of rotatable bonds is 2. The SMILES string of the molecule is Cc1ccc(C(=O)c2cc(F)c(F)c(F)c2)cc1F. The van der Waals surface area contributed by atoms with E-state index >= 15 is 0 Å². The Morgan fingerprint density at radius 2 is 1.37 bits per heavy atom. The number of carbonyl (C=O) groups excluding carboxylic acids is 1. The molecular formula is C14H8F4O. The first kappa shape index (κ1) is 13.3. The van der Waals surface area contributed by atoms with Gasteiger partial charge in [0.2, 0.25) is 0 Å². The molecule has 5 heteroatoms. The fraction of sp³-hybridized carbons (Fsp3) is 0.0714. The molecule has 0 heterocycles. The first-order chi connectivity index (χ1) is 8.90. The maximum atomic E-state index is 13.3. The van der Waals surface area contributed by atoms with Crippen LogP contribution in [0.4, 0.5) is 17.6 Å². The van der Waals surface area contributed by atoms with Crippen LogP contribution in [-0.4, -0.2) is 5.78 Å². The second kappa shape index (κ2) is 4.84. The van der Waals surface area contributed by atoms with Crippen molar-refractivity contribution in [1.29, 1.82) is 0 Å². The minimum Gasteiger partial charge on any atom is -0.289 e. The van der Waals surface area contributed by atoms with Gasteiger partial charge in [-0.05, 0) is 30.7 Å². The Kier molecular flexibility index (Phi) is 3.38. The van der Waals surface area contributed by atoms with Gasteiger partial charge in [-0.15, -0.1) is 0 Å². The summed E-state index contributed by atoms with van der Waals surface area (Å²) in [6.07, 6.45) is 0. The molecule has 0 aliphatic heterocycles. The molecule has 0 bridgehead atoms. The van der Waals surface area contributed by atoms with E-state index in [9.17, 15) is 22.4 Å². The molecule has 98 valence electrons. The van der Waals surface area contributed by atoms with Crippen molar-refractivity contribution in [3.8, 4) is 0 Å². The molecule has 1 nitrogen and oxygen atoms in total. The van der Waals surface area contributed by atoms with Crippen LogP contribution < -0.4 is 0 Å². The lowest BCUT2D eigenvalue weighted by atomic mass is 10.0. The fourth-order valence-electron chi connectivity index (χ4n) is 1.59. The predicted octanol–water partition coefficient (Wildman–Crippen LogP) is 3.78. The molecular weight excluding hydrogens is 260 g/mol. The lowest BCUT2D eigenvalue weighted by Crippen LogP contribution is -2.05.